The van der Waals surface area contributed by atoms with Crippen molar-refractivity contribution in [3.63, 3.8) is 0 Å². The lowest BCUT2D eigenvalue weighted by Gasteiger charge is -2.07. The van der Waals surface area contributed by atoms with Crippen LogP contribution in [0.3, 0.4) is 0 Å². The van der Waals surface area contributed by atoms with Crippen LogP contribution in [0.25, 0.3) is 11.0 Å². The van der Waals surface area contributed by atoms with Gasteiger partial charge in [-0.25, -0.2) is 4.79 Å². The lowest BCUT2D eigenvalue weighted by atomic mass is 10.1. The third kappa shape index (κ3) is 1.57. The summed E-state index contributed by atoms with van der Waals surface area (Å²) in [5.74, 6) is 0.288. The van der Waals surface area contributed by atoms with Crippen LogP contribution in [0.15, 0.2) is 25.8 Å². The molecule has 1 aromatic carbocycles. The Hall–Kier alpha value is -1.49. The number of fused-ring (bicyclic) bond motifs is 1. The summed E-state index contributed by atoms with van der Waals surface area (Å²) in [7, 11) is 1.44. The third-order valence-electron chi connectivity index (χ3n) is 2.40. The third-order valence-corrected chi connectivity index (χ3v) is 3.31. The van der Waals surface area contributed by atoms with Gasteiger partial charge in [-0.3, -0.25) is 0 Å². The smallest absolute Gasteiger partial charge is 0.350 e. The maximum atomic E-state index is 11.4. The summed E-state index contributed by atoms with van der Waals surface area (Å²) in [6, 6.07) is 3.00. The molecule has 0 radical (unpaired) electrons. The maximum Gasteiger partial charge on any atom is 0.350 e. The zero-order valence-electron chi connectivity index (χ0n) is 8.70. The summed E-state index contributed by atoms with van der Waals surface area (Å²) in [4.78, 5) is 11.4. The van der Waals surface area contributed by atoms with Crippen molar-refractivity contribution in [2.24, 2.45) is 0 Å². The molecule has 1 heterocycles. The lowest BCUT2D eigenvalue weighted by molar-refractivity contribution is 0.373. The van der Waals surface area contributed by atoms with Gasteiger partial charge in [0.15, 0.2) is 11.5 Å². The SMILES string of the molecule is COc1cc2oc(=O)c(Br)c(C)c2cc1O. The molecule has 5 heteroatoms. The van der Waals surface area contributed by atoms with Crippen molar-refractivity contribution in [2.45, 2.75) is 6.92 Å². The summed E-state index contributed by atoms with van der Waals surface area (Å²) in [5, 5.41) is 10.3. The van der Waals surface area contributed by atoms with Crippen LogP contribution in [0.1, 0.15) is 5.56 Å². The average Bonchev–Trinajstić information content (AvgIpc) is 2.27. The van der Waals surface area contributed by atoms with E-state index in [9.17, 15) is 9.90 Å². The molecule has 0 spiro atoms. The minimum atomic E-state index is -0.447. The van der Waals surface area contributed by atoms with Gasteiger partial charge < -0.3 is 14.3 Å². The van der Waals surface area contributed by atoms with E-state index in [1.54, 1.807) is 6.92 Å². The highest BCUT2D eigenvalue weighted by molar-refractivity contribution is 9.10. The van der Waals surface area contributed by atoms with Gasteiger partial charge in [0.25, 0.3) is 0 Å². The predicted molar refractivity (Wildman–Crippen MR) is 63.1 cm³/mol. The van der Waals surface area contributed by atoms with E-state index in [1.165, 1.54) is 19.2 Å². The fraction of sp³-hybridized carbons (Fsp3) is 0.182. The molecule has 2 aromatic rings. The standard InChI is InChI=1S/C11H9BrO4/c1-5-6-3-7(13)9(15-2)4-8(6)16-11(14)10(5)12/h3-4,13H,1-2H3. The number of ether oxygens (including phenoxy) is 1. The number of benzene rings is 1. The van der Waals surface area contributed by atoms with E-state index in [1.807, 2.05) is 0 Å². The predicted octanol–water partition coefficient (Wildman–Crippen LogP) is 2.58. The number of hydrogen-bond acceptors (Lipinski definition) is 4. The Bertz CT molecular complexity index is 615. The van der Waals surface area contributed by atoms with Gasteiger partial charge in [0.05, 0.1) is 7.11 Å². The molecule has 0 amide bonds. The summed E-state index contributed by atoms with van der Waals surface area (Å²) < 4.78 is 10.4. The minimum absolute atomic E-state index is 0.0128. The van der Waals surface area contributed by atoms with E-state index < -0.39 is 5.63 Å². The maximum absolute atomic E-state index is 11.4. The molecule has 0 fully saturated rings. The first-order valence-electron chi connectivity index (χ1n) is 4.54. The number of phenols is 1. The molecular formula is C11H9BrO4. The van der Waals surface area contributed by atoms with Crippen molar-refractivity contribution >= 4 is 26.9 Å². The molecule has 2 rings (SSSR count). The number of aryl methyl sites for hydroxylation is 1. The minimum Gasteiger partial charge on any atom is -0.504 e. The summed E-state index contributed by atoms with van der Waals surface area (Å²) in [5.41, 5.74) is 0.669. The number of rotatable bonds is 1. The summed E-state index contributed by atoms with van der Waals surface area (Å²) in [6.07, 6.45) is 0. The molecule has 0 saturated heterocycles. The molecule has 84 valence electrons. The number of hydrogen-bond donors (Lipinski definition) is 1. The molecule has 4 nitrogen and oxygen atoms in total. The lowest BCUT2D eigenvalue weighted by Crippen LogP contribution is -2.02. The second-order valence-corrected chi connectivity index (χ2v) is 4.14. The number of phenolic OH excluding ortho intramolecular Hbond substituents is 1. The molecule has 0 aliphatic heterocycles. The first-order chi connectivity index (χ1) is 7.54. The van der Waals surface area contributed by atoms with Gasteiger partial charge in [-0.2, -0.15) is 0 Å². The Morgan fingerprint density at radius 1 is 1.44 bits per heavy atom. The second-order valence-electron chi connectivity index (χ2n) is 3.35. The quantitative estimate of drug-likeness (QED) is 0.818. The van der Waals surface area contributed by atoms with Crippen molar-refractivity contribution in [3.05, 3.63) is 32.6 Å². The summed E-state index contributed by atoms with van der Waals surface area (Å²) in [6.45, 7) is 1.77. The zero-order chi connectivity index (χ0) is 11.9. The molecule has 0 saturated carbocycles. The van der Waals surface area contributed by atoms with Gasteiger partial charge in [-0.15, -0.1) is 0 Å². The summed E-state index contributed by atoms with van der Waals surface area (Å²) >= 11 is 3.14. The van der Waals surface area contributed by atoms with E-state index in [2.05, 4.69) is 15.9 Å². The molecule has 0 aliphatic carbocycles. The van der Waals surface area contributed by atoms with Crippen molar-refractivity contribution in [3.8, 4) is 11.5 Å². The van der Waals surface area contributed by atoms with E-state index in [0.717, 1.165) is 5.56 Å². The van der Waals surface area contributed by atoms with E-state index in [4.69, 9.17) is 9.15 Å². The normalized spacial score (nSPS) is 10.7. The molecule has 0 atom stereocenters. The molecule has 0 unspecified atom stereocenters. The van der Waals surface area contributed by atoms with Crippen LogP contribution in [0.2, 0.25) is 0 Å². The molecule has 0 bridgehead atoms. The van der Waals surface area contributed by atoms with Gasteiger partial charge in [0.2, 0.25) is 0 Å². The van der Waals surface area contributed by atoms with Crippen molar-refractivity contribution in [1.29, 1.82) is 0 Å². The Balaban J connectivity index is 2.92. The number of halogens is 1. The monoisotopic (exact) mass is 284 g/mol. The second kappa shape index (κ2) is 3.83. The highest BCUT2D eigenvalue weighted by atomic mass is 79.9. The highest BCUT2D eigenvalue weighted by Gasteiger charge is 2.12. The van der Waals surface area contributed by atoms with Crippen LogP contribution in [-0.4, -0.2) is 12.2 Å². The topological polar surface area (TPSA) is 59.7 Å². The van der Waals surface area contributed by atoms with Crippen molar-refractivity contribution in [2.75, 3.05) is 7.11 Å². The van der Waals surface area contributed by atoms with Gasteiger partial charge in [-0.05, 0) is 34.5 Å². The van der Waals surface area contributed by atoms with Crippen LogP contribution >= 0.6 is 15.9 Å². The van der Waals surface area contributed by atoms with Gasteiger partial charge in [0.1, 0.15) is 10.1 Å². The van der Waals surface area contributed by atoms with Crippen LogP contribution in [-0.2, 0) is 0 Å². The van der Waals surface area contributed by atoms with E-state index in [0.29, 0.717) is 15.4 Å². The van der Waals surface area contributed by atoms with Crippen LogP contribution in [0.4, 0.5) is 0 Å². The fourth-order valence-electron chi connectivity index (χ4n) is 1.51. The zero-order valence-corrected chi connectivity index (χ0v) is 10.3. The van der Waals surface area contributed by atoms with Gasteiger partial charge in [-0.1, -0.05) is 0 Å². The Kier molecular flexibility index (Phi) is 2.63. The van der Waals surface area contributed by atoms with E-state index >= 15 is 0 Å². The molecule has 1 aromatic heterocycles. The number of methoxy groups -OCH3 is 1. The Labute approximate surface area is 99.6 Å². The molecule has 16 heavy (non-hydrogen) atoms. The van der Waals surface area contributed by atoms with E-state index in [-0.39, 0.29) is 11.5 Å². The highest BCUT2D eigenvalue weighted by Crippen LogP contribution is 2.33. The van der Waals surface area contributed by atoms with Crippen LogP contribution in [0.5, 0.6) is 11.5 Å². The van der Waals surface area contributed by atoms with Crippen LogP contribution in [0, 0.1) is 6.92 Å². The van der Waals surface area contributed by atoms with Crippen LogP contribution < -0.4 is 10.4 Å². The molecule has 0 aliphatic rings. The van der Waals surface area contributed by atoms with Crippen molar-refractivity contribution < 1.29 is 14.3 Å². The Morgan fingerprint density at radius 3 is 2.75 bits per heavy atom. The van der Waals surface area contributed by atoms with Gasteiger partial charge in [0, 0.05) is 11.5 Å². The van der Waals surface area contributed by atoms with Gasteiger partial charge >= 0.3 is 5.63 Å². The number of aromatic hydroxyl groups is 1. The molecular weight excluding hydrogens is 276 g/mol. The Morgan fingerprint density at radius 2 is 2.12 bits per heavy atom. The largest absolute Gasteiger partial charge is 0.504 e. The first-order valence-corrected chi connectivity index (χ1v) is 5.34. The molecule has 1 N–H and O–H groups in total. The average molecular weight is 285 g/mol. The fourth-order valence-corrected chi connectivity index (χ4v) is 1.80. The van der Waals surface area contributed by atoms with Crippen molar-refractivity contribution in [1.82, 2.24) is 0 Å². The first kappa shape index (κ1) is 11.0.